The fourth-order valence-electron chi connectivity index (χ4n) is 2.82. The minimum atomic E-state index is -0.536. The van der Waals surface area contributed by atoms with E-state index >= 15 is 0 Å². The van der Waals surface area contributed by atoms with Crippen molar-refractivity contribution in [1.29, 1.82) is 0 Å². The molecule has 2 heterocycles. The van der Waals surface area contributed by atoms with E-state index in [0.29, 0.717) is 5.69 Å². The van der Waals surface area contributed by atoms with Gasteiger partial charge in [-0.2, -0.15) is 0 Å². The molecule has 140 valence electrons. The van der Waals surface area contributed by atoms with Crippen molar-refractivity contribution in [1.82, 2.24) is 14.1 Å². The van der Waals surface area contributed by atoms with Crippen molar-refractivity contribution in [3.05, 3.63) is 81.6 Å². The van der Waals surface area contributed by atoms with Crippen LogP contribution in [0.25, 0.3) is 20.8 Å². The van der Waals surface area contributed by atoms with Crippen molar-refractivity contribution in [2.45, 2.75) is 6.54 Å². The summed E-state index contributed by atoms with van der Waals surface area (Å²) in [4.78, 5) is 40.5. The molecule has 8 heteroatoms. The molecule has 28 heavy (non-hydrogen) atoms. The standard InChI is InChI=1S/C20H16N4O3S/c1-23-18(26)9-10-24(20(23)27)12-17(25)21-14-6-4-5-13(11-14)19-22-15-7-2-3-8-16(15)28-19/h2-11H,12H2,1H3,(H,21,25). The number of amides is 1. The lowest BCUT2D eigenvalue weighted by Gasteiger charge is -2.09. The fourth-order valence-corrected chi connectivity index (χ4v) is 3.78. The van der Waals surface area contributed by atoms with Gasteiger partial charge in [-0.1, -0.05) is 24.3 Å². The summed E-state index contributed by atoms with van der Waals surface area (Å²) in [6.07, 6.45) is 1.32. The normalized spacial score (nSPS) is 10.9. The average Bonchev–Trinajstić information content (AvgIpc) is 3.13. The Morgan fingerprint density at radius 2 is 1.93 bits per heavy atom. The smallest absolute Gasteiger partial charge is 0.325 e. The first-order chi connectivity index (χ1) is 13.5. The third-order valence-electron chi connectivity index (χ3n) is 4.26. The van der Waals surface area contributed by atoms with Crippen molar-refractivity contribution >= 4 is 33.1 Å². The molecule has 1 N–H and O–H groups in total. The number of aromatic nitrogens is 3. The quantitative estimate of drug-likeness (QED) is 0.578. The lowest BCUT2D eigenvalue weighted by atomic mass is 10.2. The average molecular weight is 392 g/mol. The van der Waals surface area contributed by atoms with E-state index in [-0.39, 0.29) is 12.5 Å². The van der Waals surface area contributed by atoms with Crippen LogP contribution in [-0.2, 0) is 18.4 Å². The van der Waals surface area contributed by atoms with E-state index in [0.717, 1.165) is 25.4 Å². The van der Waals surface area contributed by atoms with Gasteiger partial charge in [0.05, 0.1) is 10.2 Å². The zero-order chi connectivity index (χ0) is 19.7. The molecule has 0 saturated heterocycles. The Morgan fingerprint density at radius 1 is 1.11 bits per heavy atom. The van der Waals surface area contributed by atoms with Gasteiger partial charge in [-0.05, 0) is 24.3 Å². The third kappa shape index (κ3) is 3.49. The topological polar surface area (TPSA) is 86.0 Å². The van der Waals surface area contributed by atoms with Crippen LogP contribution in [0.1, 0.15) is 0 Å². The van der Waals surface area contributed by atoms with Crippen molar-refractivity contribution in [3.8, 4) is 10.6 Å². The Hall–Kier alpha value is -3.52. The van der Waals surface area contributed by atoms with E-state index in [1.807, 2.05) is 42.5 Å². The Kier molecular flexibility index (Phi) is 4.62. The van der Waals surface area contributed by atoms with E-state index in [2.05, 4.69) is 10.3 Å². The number of hydrogen-bond acceptors (Lipinski definition) is 5. The molecule has 7 nitrogen and oxygen atoms in total. The maximum Gasteiger partial charge on any atom is 0.331 e. The second-order valence-electron chi connectivity index (χ2n) is 6.24. The van der Waals surface area contributed by atoms with Gasteiger partial charge in [-0.15, -0.1) is 11.3 Å². The molecule has 4 aromatic rings. The molecule has 0 bridgehead atoms. The van der Waals surface area contributed by atoms with E-state index in [1.165, 1.54) is 23.9 Å². The highest BCUT2D eigenvalue weighted by Gasteiger charge is 2.10. The Balaban J connectivity index is 1.55. The van der Waals surface area contributed by atoms with Gasteiger partial charge in [0, 0.05) is 30.6 Å². The predicted octanol–water partition coefficient (Wildman–Crippen LogP) is 2.46. The minimum absolute atomic E-state index is 0.182. The maximum absolute atomic E-state index is 12.3. The van der Waals surface area contributed by atoms with Gasteiger partial charge in [0.1, 0.15) is 11.6 Å². The first kappa shape index (κ1) is 17.9. The summed E-state index contributed by atoms with van der Waals surface area (Å²) < 4.78 is 3.25. The SMILES string of the molecule is Cn1c(=O)ccn(CC(=O)Nc2cccc(-c3nc4ccccc4s3)c2)c1=O. The molecule has 2 aromatic heterocycles. The molecule has 0 aliphatic rings. The summed E-state index contributed by atoms with van der Waals surface area (Å²) in [7, 11) is 1.38. The van der Waals surface area contributed by atoms with Crippen LogP contribution in [0.15, 0.2) is 70.4 Å². The highest BCUT2D eigenvalue weighted by Crippen LogP contribution is 2.31. The van der Waals surface area contributed by atoms with Gasteiger partial charge >= 0.3 is 5.69 Å². The lowest BCUT2D eigenvalue weighted by molar-refractivity contribution is -0.116. The molecule has 4 rings (SSSR count). The molecule has 0 fully saturated rings. The van der Waals surface area contributed by atoms with Crippen molar-refractivity contribution in [2.24, 2.45) is 7.05 Å². The zero-order valence-corrected chi connectivity index (χ0v) is 15.8. The summed E-state index contributed by atoms with van der Waals surface area (Å²) in [5.74, 6) is -0.359. The molecular weight excluding hydrogens is 376 g/mol. The van der Waals surface area contributed by atoms with E-state index < -0.39 is 11.2 Å². The van der Waals surface area contributed by atoms with Crippen molar-refractivity contribution in [2.75, 3.05) is 5.32 Å². The molecule has 2 aromatic carbocycles. The van der Waals surface area contributed by atoms with Gasteiger partial charge in [-0.25, -0.2) is 9.78 Å². The number of carbonyl (C=O) groups is 1. The minimum Gasteiger partial charge on any atom is -0.325 e. The van der Waals surface area contributed by atoms with Gasteiger partial charge in [-0.3, -0.25) is 18.7 Å². The van der Waals surface area contributed by atoms with Gasteiger partial charge in [0.2, 0.25) is 5.91 Å². The number of rotatable bonds is 4. The van der Waals surface area contributed by atoms with Crippen LogP contribution in [-0.4, -0.2) is 20.0 Å². The fraction of sp³-hybridized carbons (Fsp3) is 0.100. The number of benzene rings is 2. The zero-order valence-electron chi connectivity index (χ0n) is 15.0. The highest BCUT2D eigenvalue weighted by atomic mass is 32.1. The molecule has 0 radical (unpaired) electrons. The number of para-hydroxylation sites is 1. The number of nitrogens with one attached hydrogen (secondary N) is 1. The molecule has 0 saturated carbocycles. The molecule has 0 spiro atoms. The van der Waals surface area contributed by atoms with Gasteiger partial charge in [0.15, 0.2) is 0 Å². The van der Waals surface area contributed by atoms with Gasteiger partial charge < -0.3 is 5.32 Å². The number of thiazole rings is 1. The maximum atomic E-state index is 12.3. The molecule has 0 aliphatic carbocycles. The van der Waals surface area contributed by atoms with E-state index in [9.17, 15) is 14.4 Å². The molecule has 0 atom stereocenters. The number of nitrogens with zero attached hydrogens (tertiary/aromatic N) is 3. The monoisotopic (exact) mass is 392 g/mol. The summed E-state index contributed by atoms with van der Waals surface area (Å²) in [6.45, 7) is -0.182. The highest BCUT2D eigenvalue weighted by molar-refractivity contribution is 7.21. The number of anilines is 1. The van der Waals surface area contributed by atoms with Crippen LogP contribution < -0.4 is 16.6 Å². The molecule has 0 aliphatic heterocycles. The largest absolute Gasteiger partial charge is 0.331 e. The van der Waals surface area contributed by atoms with Crippen molar-refractivity contribution < 1.29 is 4.79 Å². The lowest BCUT2D eigenvalue weighted by Crippen LogP contribution is -2.38. The second kappa shape index (κ2) is 7.24. The van der Waals surface area contributed by atoms with E-state index in [1.54, 1.807) is 17.4 Å². The predicted molar refractivity (Wildman–Crippen MR) is 110 cm³/mol. The second-order valence-corrected chi connectivity index (χ2v) is 7.27. The summed E-state index contributed by atoms with van der Waals surface area (Å²) in [6, 6.07) is 16.6. The van der Waals surface area contributed by atoms with Crippen LogP contribution in [0.5, 0.6) is 0 Å². The first-order valence-corrected chi connectivity index (χ1v) is 9.35. The Labute approximate surface area is 163 Å². The number of fused-ring (bicyclic) bond motifs is 1. The van der Waals surface area contributed by atoms with Crippen LogP contribution in [0.2, 0.25) is 0 Å². The van der Waals surface area contributed by atoms with Crippen LogP contribution in [0.3, 0.4) is 0 Å². The molecular formula is C20H16N4O3S. The van der Waals surface area contributed by atoms with Crippen LogP contribution in [0, 0.1) is 0 Å². The molecule has 1 amide bonds. The Morgan fingerprint density at radius 3 is 2.75 bits per heavy atom. The van der Waals surface area contributed by atoms with Crippen LogP contribution in [0.4, 0.5) is 5.69 Å². The number of hydrogen-bond donors (Lipinski definition) is 1. The van der Waals surface area contributed by atoms with Gasteiger partial charge in [0.25, 0.3) is 5.56 Å². The van der Waals surface area contributed by atoms with E-state index in [4.69, 9.17) is 0 Å². The summed E-state index contributed by atoms with van der Waals surface area (Å²) >= 11 is 1.58. The summed E-state index contributed by atoms with van der Waals surface area (Å²) in [5, 5.41) is 3.65. The first-order valence-electron chi connectivity index (χ1n) is 8.53. The molecule has 0 unspecified atom stereocenters. The Bertz CT molecular complexity index is 1270. The number of carbonyl (C=O) groups excluding carboxylic acids is 1. The van der Waals surface area contributed by atoms with Crippen molar-refractivity contribution in [3.63, 3.8) is 0 Å². The summed E-state index contributed by atoms with van der Waals surface area (Å²) in [5.41, 5.74) is 1.50. The third-order valence-corrected chi connectivity index (χ3v) is 5.35. The van der Waals surface area contributed by atoms with Crippen LogP contribution >= 0.6 is 11.3 Å².